The molecule has 0 bridgehead atoms. The Kier molecular flexibility index (Phi) is 7.17. The molecule has 118 valence electrons. The number of aryl methyl sites for hydroxylation is 2. The summed E-state index contributed by atoms with van der Waals surface area (Å²) in [4.78, 5) is 0.271. The first-order chi connectivity index (χ1) is 8.67. The molecule has 0 radical (unpaired) electrons. The Morgan fingerprint density at radius 1 is 1.35 bits per heavy atom. The smallest absolute Gasteiger partial charge is 0.246 e. The lowest BCUT2D eigenvalue weighted by Gasteiger charge is -2.21. The summed E-state index contributed by atoms with van der Waals surface area (Å²) in [6, 6.07) is 0.00388. The van der Waals surface area contributed by atoms with E-state index in [9.17, 15) is 8.42 Å². The zero-order valence-corrected chi connectivity index (χ0v) is 14.3. The minimum atomic E-state index is -3.49. The molecular weight excluding hydrogens is 300 g/mol. The standard InChI is InChI=1S/C12H24N4O2S.ClH/c1-8(2)11(13)6-7-16(5)19(17,18)12-9(3)14-15-10(12)4;/h8,11H,6-7,13H2,1-5H3,(H,14,15);1H. The molecule has 0 spiro atoms. The molecule has 1 rings (SSSR count). The number of nitrogens with zero attached hydrogens (tertiary/aromatic N) is 2. The minimum absolute atomic E-state index is 0. The van der Waals surface area contributed by atoms with Crippen molar-refractivity contribution in [2.45, 2.75) is 45.1 Å². The topological polar surface area (TPSA) is 92.1 Å². The van der Waals surface area contributed by atoms with Gasteiger partial charge in [-0.25, -0.2) is 12.7 Å². The second-order valence-electron chi connectivity index (χ2n) is 5.29. The molecule has 0 fully saturated rings. The maximum atomic E-state index is 12.4. The molecule has 0 aliphatic carbocycles. The molecule has 1 unspecified atom stereocenters. The molecule has 1 aromatic rings. The number of aromatic nitrogens is 2. The van der Waals surface area contributed by atoms with E-state index in [-0.39, 0.29) is 23.3 Å². The first-order valence-corrected chi connectivity index (χ1v) is 7.85. The average molecular weight is 325 g/mol. The lowest BCUT2D eigenvalue weighted by molar-refractivity contribution is 0.397. The maximum Gasteiger partial charge on any atom is 0.246 e. The summed E-state index contributed by atoms with van der Waals surface area (Å²) in [6.07, 6.45) is 0.642. The van der Waals surface area contributed by atoms with Gasteiger partial charge in [-0.05, 0) is 26.2 Å². The highest BCUT2D eigenvalue weighted by atomic mass is 35.5. The third-order valence-electron chi connectivity index (χ3n) is 3.36. The van der Waals surface area contributed by atoms with Crippen LogP contribution in [0.15, 0.2) is 4.90 Å². The first-order valence-electron chi connectivity index (χ1n) is 6.41. The number of sulfonamides is 1. The van der Waals surface area contributed by atoms with Crippen LogP contribution in [0, 0.1) is 19.8 Å². The summed E-state index contributed by atoms with van der Waals surface area (Å²) < 4.78 is 26.2. The molecule has 20 heavy (non-hydrogen) atoms. The van der Waals surface area contributed by atoms with Crippen LogP contribution in [-0.4, -0.2) is 42.6 Å². The molecule has 0 saturated carbocycles. The van der Waals surface area contributed by atoms with Gasteiger partial charge in [0, 0.05) is 19.6 Å². The quantitative estimate of drug-likeness (QED) is 0.828. The van der Waals surface area contributed by atoms with Crippen LogP contribution in [0.5, 0.6) is 0 Å². The van der Waals surface area contributed by atoms with Gasteiger partial charge < -0.3 is 5.73 Å². The van der Waals surface area contributed by atoms with Gasteiger partial charge in [-0.2, -0.15) is 5.10 Å². The van der Waals surface area contributed by atoms with Crippen molar-refractivity contribution in [2.75, 3.05) is 13.6 Å². The third kappa shape index (κ3) is 4.18. The van der Waals surface area contributed by atoms with Crippen molar-refractivity contribution in [2.24, 2.45) is 11.7 Å². The van der Waals surface area contributed by atoms with Gasteiger partial charge in [0.2, 0.25) is 10.0 Å². The normalized spacial score (nSPS) is 13.6. The Morgan fingerprint density at radius 2 is 1.90 bits per heavy atom. The monoisotopic (exact) mass is 324 g/mol. The van der Waals surface area contributed by atoms with Gasteiger partial charge in [0.1, 0.15) is 4.90 Å². The molecule has 0 aliphatic rings. The van der Waals surface area contributed by atoms with E-state index in [0.717, 1.165) is 0 Å². The lowest BCUT2D eigenvalue weighted by atomic mass is 10.0. The number of nitrogens with two attached hydrogens (primary N) is 1. The fourth-order valence-electron chi connectivity index (χ4n) is 1.86. The molecule has 6 nitrogen and oxygen atoms in total. The Hall–Kier alpha value is -0.630. The largest absolute Gasteiger partial charge is 0.327 e. The van der Waals surface area contributed by atoms with Gasteiger partial charge in [0.05, 0.1) is 11.4 Å². The third-order valence-corrected chi connectivity index (χ3v) is 5.48. The number of nitrogens with one attached hydrogen (secondary N) is 1. The molecule has 1 atom stereocenters. The van der Waals surface area contributed by atoms with Crippen molar-refractivity contribution in [1.29, 1.82) is 0 Å². The van der Waals surface area contributed by atoms with Gasteiger partial charge in [-0.15, -0.1) is 12.4 Å². The highest BCUT2D eigenvalue weighted by Crippen LogP contribution is 2.21. The molecule has 8 heteroatoms. The van der Waals surface area contributed by atoms with Crippen molar-refractivity contribution in [3.63, 3.8) is 0 Å². The molecule has 1 aromatic heterocycles. The molecular formula is C12H25ClN4O2S. The predicted octanol–water partition coefficient (Wildman–Crippen LogP) is 1.44. The van der Waals surface area contributed by atoms with Crippen LogP contribution in [-0.2, 0) is 10.0 Å². The van der Waals surface area contributed by atoms with E-state index >= 15 is 0 Å². The van der Waals surface area contributed by atoms with Crippen LogP contribution in [0.2, 0.25) is 0 Å². The highest BCUT2D eigenvalue weighted by molar-refractivity contribution is 7.89. The van der Waals surface area contributed by atoms with E-state index in [1.165, 1.54) is 4.31 Å². The van der Waals surface area contributed by atoms with Gasteiger partial charge in [0.25, 0.3) is 0 Å². The molecule has 0 saturated heterocycles. The zero-order valence-electron chi connectivity index (χ0n) is 12.7. The second kappa shape index (κ2) is 7.40. The number of halogens is 1. The molecule has 0 aliphatic heterocycles. The first kappa shape index (κ1) is 19.4. The van der Waals surface area contributed by atoms with E-state index in [2.05, 4.69) is 10.2 Å². The molecule has 0 aromatic carbocycles. The van der Waals surface area contributed by atoms with Gasteiger partial charge in [0.15, 0.2) is 0 Å². The van der Waals surface area contributed by atoms with Crippen molar-refractivity contribution in [1.82, 2.24) is 14.5 Å². The Balaban J connectivity index is 0.00000361. The lowest BCUT2D eigenvalue weighted by Crippen LogP contribution is -2.35. The summed E-state index contributed by atoms with van der Waals surface area (Å²) >= 11 is 0. The van der Waals surface area contributed by atoms with E-state index in [4.69, 9.17) is 5.73 Å². The molecule has 3 N–H and O–H groups in total. The van der Waals surface area contributed by atoms with E-state index in [0.29, 0.717) is 30.3 Å². The zero-order chi connectivity index (χ0) is 14.8. The predicted molar refractivity (Wildman–Crippen MR) is 82.6 cm³/mol. The van der Waals surface area contributed by atoms with Crippen LogP contribution in [0.25, 0.3) is 0 Å². The van der Waals surface area contributed by atoms with Gasteiger partial charge in [-0.3, -0.25) is 5.10 Å². The van der Waals surface area contributed by atoms with Gasteiger partial charge >= 0.3 is 0 Å². The van der Waals surface area contributed by atoms with E-state index in [1.54, 1.807) is 20.9 Å². The maximum absolute atomic E-state index is 12.4. The van der Waals surface area contributed by atoms with Gasteiger partial charge in [-0.1, -0.05) is 13.8 Å². The van der Waals surface area contributed by atoms with Crippen LogP contribution in [0.3, 0.4) is 0 Å². The van der Waals surface area contributed by atoms with Crippen LogP contribution in [0.1, 0.15) is 31.7 Å². The molecule has 0 amide bonds. The summed E-state index contributed by atoms with van der Waals surface area (Å²) in [7, 11) is -1.92. The fourth-order valence-corrected chi connectivity index (χ4v) is 3.37. The fraction of sp³-hybridized carbons (Fsp3) is 0.750. The van der Waals surface area contributed by atoms with Crippen molar-refractivity contribution < 1.29 is 8.42 Å². The number of rotatable bonds is 6. The van der Waals surface area contributed by atoms with Crippen LogP contribution >= 0.6 is 12.4 Å². The van der Waals surface area contributed by atoms with Crippen molar-refractivity contribution in [3.05, 3.63) is 11.4 Å². The second-order valence-corrected chi connectivity index (χ2v) is 7.27. The number of aromatic amines is 1. The average Bonchev–Trinajstić information content (AvgIpc) is 2.65. The van der Waals surface area contributed by atoms with Crippen LogP contribution < -0.4 is 5.73 Å². The van der Waals surface area contributed by atoms with Crippen molar-refractivity contribution >= 4 is 22.4 Å². The Bertz CT molecular complexity index is 508. The van der Waals surface area contributed by atoms with Crippen LogP contribution in [0.4, 0.5) is 0 Å². The summed E-state index contributed by atoms with van der Waals surface area (Å²) in [6.45, 7) is 7.86. The minimum Gasteiger partial charge on any atom is -0.327 e. The van der Waals surface area contributed by atoms with E-state index in [1.807, 2.05) is 13.8 Å². The Labute approximate surface area is 127 Å². The number of hydrogen-bond acceptors (Lipinski definition) is 4. The highest BCUT2D eigenvalue weighted by Gasteiger charge is 2.27. The van der Waals surface area contributed by atoms with Crippen molar-refractivity contribution in [3.8, 4) is 0 Å². The number of H-pyrrole nitrogens is 1. The summed E-state index contributed by atoms with van der Waals surface area (Å²) in [5, 5.41) is 6.63. The number of hydrogen-bond donors (Lipinski definition) is 2. The summed E-state index contributed by atoms with van der Waals surface area (Å²) in [5.74, 6) is 0.341. The Morgan fingerprint density at radius 3 is 2.30 bits per heavy atom. The SMILES string of the molecule is Cc1n[nH]c(C)c1S(=O)(=O)N(C)CCC(N)C(C)C.Cl. The summed E-state index contributed by atoms with van der Waals surface area (Å²) in [5.41, 5.74) is 7.01. The molecule has 1 heterocycles. The van der Waals surface area contributed by atoms with E-state index < -0.39 is 10.0 Å².